The van der Waals surface area contributed by atoms with Gasteiger partial charge in [0, 0.05) is 18.0 Å². The molecule has 2 aliphatic heterocycles. The quantitative estimate of drug-likeness (QED) is 0.349. The van der Waals surface area contributed by atoms with Gasteiger partial charge in [-0.1, -0.05) is 57.2 Å². The molecule has 2 fully saturated rings. The summed E-state index contributed by atoms with van der Waals surface area (Å²) in [6.45, 7) is 10.5. The standard InChI is InChI=1S/C29H35ClF3N3O3/c1-15(7-6-8-16(32)14-31)21-24(25(37)34-17-11-28(5,39)12-17)35-20(13-27(2,3)4)29(21)18-9-10-19(30)22(33)23(18)36-26(29)38/h6-10,17,20-21,24,35,39H,1,11-14H2,2-5H3,(H,34,37)(H,36,38)/b7-6-,16-8+/t17-,20-,21+,24-,28+,29+/m1/s1. The maximum absolute atomic E-state index is 15.2. The average molecular weight is 566 g/mol. The van der Waals surface area contributed by atoms with Crippen LogP contribution in [0.5, 0.6) is 0 Å². The molecule has 4 rings (SSSR count). The first-order valence-electron chi connectivity index (χ1n) is 13.0. The van der Waals surface area contributed by atoms with Crippen molar-refractivity contribution in [2.45, 2.75) is 76.1 Å². The Morgan fingerprint density at radius 2 is 2.00 bits per heavy atom. The van der Waals surface area contributed by atoms with Gasteiger partial charge in [-0.15, -0.1) is 0 Å². The number of hydrogen-bond acceptors (Lipinski definition) is 4. The number of nitrogens with one attached hydrogen (secondary N) is 3. The lowest BCUT2D eigenvalue weighted by Crippen LogP contribution is -2.57. The van der Waals surface area contributed by atoms with Crippen molar-refractivity contribution in [3.63, 3.8) is 0 Å². The van der Waals surface area contributed by atoms with E-state index in [1.165, 1.54) is 18.2 Å². The number of amides is 2. The van der Waals surface area contributed by atoms with Gasteiger partial charge in [-0.2, -0.15) is 0 Å². The summed E-state index contributed by atoms with van der Waals surface area (Å²) in [5.74, 6) is -3.58. The van der Waals surface area contributed by atoms with E-state index in [2.05, 4.69) is 22.5 Å². The molecule has 2 heterocycles. The summed E-state index contributed by atoms with van der Waals surface area (Å²) >= 11 is 6.04. The van der Waals surface area contributed by atoms with E-state index in [-0.39, 0.29) is 22.2 Å². The van der Waals surface area contributed by atoms with Crippen molar-refractivity contribution >= 4 is 29.1 Å². The lowest BCUT2D eigenvalue weighted by Gasteiger charge is -2.42. The predicted molar refractivity (Wildman–Crippen MR) is 145 cm³/mol. The van der Waals surface area contributed by atoms with Crippen LogP contribution in [0.1, 0.15) is 52.5 Å². The van der Waals surface area contributed by atoms with Crippen LogP contribution in [0.25, 0.3) is 0 Å². The fourth-order valence-corrected chi connectivity index (χ4v) is 6.48. The Balaban J connectivity index is 1.85. The first-order chi connectivity index (χ1) is 18.1. The largest absolute Gasteiger partial charge is 0.390 e. The zero-order chi connectivity index (χ0) is 28.9. The summed E-state index contributed by atoms with van der Waals surface area (Å²) in [5, 5.41) is 19.0. The Morgan fingerprint density at radius 1 is 1.33 bits per heavy atom. The zero-order valence-corrected chi connectivity index (χ0v) is 23.3. The van der Waals surface area contributed by atoms with Crippen molar-refractivity contribution in [3.05, 3.63) is 64.7 Å². The molecule has 1 aromatic carbocycles. The number of fused-ring (bicyclic) bond motifs is 2. The second-order valence-electron chi connectivity index (χ2n) is 12.3. The van der Waals surface area contributed by atoms with E-state index in [0.717, 1.165) is 6.08 Å². The first kappa shape index (κ1) is 29.4. The minimum atomic E-state index is -1.45. The smallest absolute Gasteiger partial charge is 0.238 e. The number of rotatable bonds is 7. The molecular weight excluding hydrogens is 531 g/mol. The molecule has 0 unspecified atom stereocenters. The number of halogens is 4. The number of carbonyl (C=O) groups is 2. The van der Waals surface area contributed by atoms with Crippen LogP contribution in [0, 0.1) is 17.2 Å². The second-order valence-corrected chi connectivity index (χ2v) is 12.7. The summed E-state index contributed by atoms with van der Waals surface area (Å²) in [6, 6.07) is 1.13. The van der Waals surface area contributed by atoms with Crippen LogP contribution in [0.3, 0.4) is 0 Å². The number of carbonyl (C=O) groups excluding carboxylic acids is 2. The van der Waals surface area contributed by atoms with E-state index in [0.29, 0.717) is 30.4 Å². The van der Waals surface area contributed by atoms with Crippen molar-refractivity contribution in [3.8, 4) is 0 Å². The number of hydrogen-bond donors (Lipinski definition) is 4. The van der Waals surface area contributed by atoms with Crippen molar-refractivity contribution in [1.82, 2.24) is 10.6 Å². The average Bonchev–Trinajstić information content (AvgIpc) is 3.30. The molecular formula is C29H35ClF3N3O3. The number of alkyl halides is 1. The lowest BCUT2D eigenvalue weighted by molar-refractivity contribution is -0.127. The van der Waals surface area contributed by atoms with Crippen LogP contribution < -0.4 is 16.0 Å². The van der Waals surface area contributed by atoms with Gasteiger partial charge in [0.2, 0.25) is 11.8 Å². The fraction of sp³-hybridized carbons (Fsp3) is 0.517. The van der Waals surface area contributed by atoms with Gasteiger partial charge in [0.15, 0.2) is 5.82 Å². The highest BCUT2D eigenvalue weighted by Crippen LogP contribution is 2.55. The molecule has 0 radical (unpaired) electrons. The monoisotopic (exact) mass is 565 g/mol. The van der Waals surface area contributed by atoms with Gasteiger partial charge in [-0.25, -0.2) is 13.2 Å². The Bertz CT molecular complexity index is 1250. The first-order valence-corrected chi connectivity index (χ1v) is 13.3. The van der Waals surface area contributed by atoms with E-state index in [1.54, 1.807) is 13.0 Å². The number of allylic oxidation sites excluding steroid dienone is 4. The summed E-state index contributed by atoms with van der Waals surface area (Å²) < 4.78 is 41.3. The fourth-order valence-electron chi connectivity index (χ4n) is 6.32. The maximum Gasteiger partial charge on any atom is 0.238 e. The molecule has 1 aliphatic carbocycles. The van der Waals surface area contributed by atoms with Crippen LogP contribution in [0.4, 0.5) is 18.9 Å². The molecule has 0 aromatic heterocycles. The summed E-state index contributed by atoms with van der Waals surface area (Å²) in [7, 11) is 0. The number of aliphatic hydroxyl groups is 1. The lowest BCUT2D eigenvalue weighted by atomic mass is 9.62. The normalized spacial score (nSPS) is 32.3. The van der Waals surface area contributed by atoms with Crippen LogP contribution >= 0.6 is 11.6 Å². The van der Waals surface area contributed by atoms with E-state index < -0.39 is 59.2 Å². The molecule has 3 aliphatic rings. The van der Waals surface area contributed by atoms with Gasteiger partial charge in [-0.05, 0) is 54.9 Å². The molecule has 1 saturated heterocycles. The van der Waals surface area contributed by atoms with Gasteiger partial charge in [0.1, 0.15) is 17.9 Å². The predicted octanol–water partition coefficient (Wildman–Crippen LogP) is 5.03. The Hall–Kier alpha value is -2.62. The second kappa shape index (κ2) is 10.4. The van der Waals surface area contributed by atoms with Crippen LogP contribution in [0.15, 0.2) is 48.3 Å². The molecule has 4 atom stereocenters. The SMILES string of the molecule is C=C(/C=C\C=C(\F)CF)[C@H]1[C@H](C(=O)N[C@H]2C[C@@](C)(O)C2)N[C@H](CC(C)(C)C)[C@]12C(=O)Nc1c2ccc(Cl)c1F. The molecule has 0 bridgehead atoms. The topological polar surface area (TPSA) is 90.5 Å². The zero-order valence-electron chi connectivity index (χ0n) is 22.5. The molecule has 4 N–H and O–H groups in total. The van der Waals surface area contributed by atoms with Gasteiger partial charge in [-0.3, -0.25) is 9.59 Å². The molecule has 39 heavy (non-hydrogen) atoms. The van der Waals surface area contributed by atoms with Crippen LogP contribution in [0.2, 0.25) is 5.02 Å². The maximum atomic E-state index is 15.2. The Morgan fingerprint density at radius 3 is 2.59 bits per heavy atom. The van der Waals surface area contributed by atoms with Gasteiger partial charge in [0.05, 0.1) is 22.4 Å². The number of benzene rings is 1. The minimum Gasteiger partial charge on any atom is -0.390 e. The van der Waals surface area contributed by atoms with Crippen LogP contribution in [-0.4, -0.2) is 47.3 Å². The molecule has 2 amide bonds. The van der Waals surface area contributed by atoms with E-state index in [4.69, 9.17) is 11.6 Å². The summed E-state index contributed by atoms with van der Waals surface area (Å²) in [5.41, 5.74) is -2.01. The molecule has 1 aromatic rings. The van der Waals surface area contributed by atoms with E-state index in [9.17, 15) is 23.5 Å². The van der Waals surface area contributed by atoms with Crippen molar-refractivity contribution in [1.29, 1.82) is 0 Å². The minimum absolute atomic E-state index is 0.0468. The van der Waals surface area contributed by atoms with Gasteiger partial charge in [0.25, 0.3) is 0 Å². The summed E-state index contributed by atoms with van der Waals surface area (Å²) in [4.78, 5) is 27.7. The molecule has 10 heteroatoms. The number of anilines is 1. The van der Waals surface area contributed by atoms with Crippen molar-refractivity contribution < 1.29 is 27.9 Å². The molecule has 212 valence electrons. The van der Waals surface area contributed by atoms with Gasteiger partial charge >= 0.3 is 0 Å². The van der Waals surface area contributed by atoms with E-state index in [1.807, 2.05) is 20.8 Å². The molecule has 6 nitrogen and oxygen atoms in total. The highest BCUT2D eigenvalue weighted by atomic mass is 35.5. The third-order valence-corrected chi connectivity index (χ3v) is 8.13. The van der Waals surface area contributed by atoms with Gasteiger partial charge < -0.3 is 21.1 Å². The highest BCUT2D eigenvalue weighted by molar-refractivity contribution is 6.31. The van der Waals surface area contributed by atoms with E-state index >= 15 is 4.39 Å². The Labute approximate surface area is 231 Å². The Kier molecular flexibility index (Phi) is 7.84. The molecule has 1 spiro atoms. The van der Waals surface area contributed by atoms with Crippen LogP contribution in [-0.2, 0) is 15.0 Å². The summed E-state index contributed by atoms with van der Waals surface area (Å²) in [6.07, 6.45) is 4.86. The molecule has 1 saturated carbocycles. The van der Waals surface area contributed by atoms with Crippen molar-refractivity contribution in [2.24, 2.45) is 11.3 Å². The third-order valence-electron chi connectivity index (χ3n) is 7.84. The van der Waals surface area contributed by atoms with Crippen molar-refractivity contribution in [2.75, 3.05) is 12.0 Å². The highest BCUT2D eigenvalue weighted by Gasteiger charge is 2.66. The third kappa shape index (κ3) is 5.41.